The molecule has 0 heterocycles. The lowest BCUT2D eigenvalue weighted by Gasteiger charge is -2.15. The van der Waals surface area contributed by atoms with Crippen molar-refractivity contribution in [2.75, 3.05) is 13.2 Å². The van der Waals surface area contributed by atoms with Crippen LogP contribution in [0.1, 0.15) is 31.9 Å². The van der Waals surface area contributed by atoms with Crippen molar-refractivity contribution in [2.24, 2.45) is 11.3 Å². The molecule has 1 aliphatic carbocycles. The Morgan fingerprint density at radius 1 is 1.55 bits per heavy atom. The number of benzene rings is 1. The lowest BCUT2D eigenvalue weighted by atomic mass is 10.1. The van der Waals surface area contributed by atoms with Gasteiger partial charge < -0.3 is 10.1 Å². The van der Waals surface area contributed by atoms with Gasteiger partial charge >= 0.3 is 5.97 Å². The Hall–Kier alpha value is -1.86. The van der Waals surface area contributed by atoms with Crippen molar-refractivity contribution in [3.05, 3.63) is 35.9 Å². The van der Waals surface area contributed by atoms with Crippen molar-refractivity contribution in [1.82, 2.24) is 5.32 Å². The number of nitriles is 1. The van der Waals surface area contributed by atoms with Crippen LogP contribution >= 0.6 is 0 Å². The van der Waals surface area contributed by atoms with E-state index in [1.165, 1.54) is 5.56 Å². The average Bonchev–Trinajstić information content (AvgIpc) is 3.21. The second-order valence-corrected chi connectivity index (χ2v) is 5.25. The van der Waals surface area contributed by atoms with Gasteiger partial charge in [-0.2, -0.15) is 5.26 Å². The molecule has 0 aromatic heterocycles. The topological polar surface area (TPSA) is 62.1 Å². The highest BCUT2D eigenvalue weighted by atomic mass is 16.5. The summed E-state index contributed by atoms with van der Waals surface area (Å²) in [5.41, 5.74) is 0.284. The van der Waals surface area contributed by atoms with Crippen LogP contribution < -0.4 is 5.32 Å². The van der Waals surface area contributed by atoms with Gasteiger partial charge in [-0.15, -0.1) is 0 Å². The van der Waals surface area contributed by atoms with Gasteiger partial charge in [-0.05, 0) is 25.8 Å². The third kappa shape index (κ3) is 2.83. The van der Waals surface area contributed by atoms with E-state index in [0.29, 0.717) is 19.6 Å². The van der Waals surface area contributed by atoms with Crippen LogP contribution in [-0.4, -0.2) is 19.1 Å². The second kappa shape index (κ2) is 6.06. The highest BCUT2D eigenvalue weighted by Crippen LogP contribution is 2.52. The molecule has 0 amide bonds. The number of hydrogen-bond acceptors (Lipinski definition) is 4. The molecule has 106 valence electrons. The van der Waals surface area contributed by atoms with Crippen LogP contribution in [0.25, 0.3) is 0 Å². The summed E-state index contributed by atoms with van der Waals surface area (Å²) in [5, 5.41) is 12.6. The molecule has 1 fully saturated rings. The van der Waals surface area contributed by atoms with Crippen molar-refractivity contribution in [2.45, 2.75) is 26.3 Å². The lowest BCUT2D eigenvalue weighted by molar-refractivity contribution is -0.147. The minimum absolute atomic E-state index is 0.0534. The number of ether oxygens (including phenoxy) is 1. The number of nitrogens with zero attached hydrogens (tertiary/aromatic N) is 1. The standard InChI is InChI=1S/C16H20N2O2/c1-3-20-15(19)16(11-17)9-14(16)10-18-12(2)13-7-5-4-6-8-13/h4-8,12,14,18H,3,9-10H2,1-2H3/t12-,14?,16?/m0/s1. The number of carbonyl (C=O) groups excluding carboxylic acids is 1. The number of rotatable bonds is 6. The van der Waals surface area contributed by atoms with E-state index in [9.17, 15) is 10.1 Å². The fourth-order valence-electron chi connectivity index (χ4n) is 2.45. The molecule has 1 saturated carbocycles. The summed E-state index contributed by atoms with van der Waals surface area (Å²) in [6, 6.07) is 12.5. The van der Waals surface area contributed by atoms with E-state index in [2.05, 4.69) is 30.4 Å². The van der Waals surface area contributed by atoms with Gasteiger partial charge in [0.2, 0.25) is 0 Å². The molecule has 3 atom stereocenters. The Morgan fingerprint density at radius 2 is 2.25 bits per heavy atom. The van der Waals surface area contributed by atoms with E-state index in [-0.39, 0.29) is 17.9 Å². The minimum Gasteiger partial charge on any atom is -0.465 e. The first-order chi connectivity index (χ1) is 9.64. The predicted molar refractivity (Wildman–Crippen MR) is 75.6 cm³/mol. The number of esters is 1. The quantitative estimate of drug-likeness (QED) is 0.808. The fraction of sp³-hybridized carbons (Fsp3) is 0.500. The number of hydrogen-bond donors (Lipinski definition) is 1. The summed E-state index contributed by atoms with van der Waals surface area (Å²) in [4.78, 5) is 11.8. The normalized spacial score (nSPS) is 25.6. The first-order valence-corrected chi connectivity index (χ1v) is 7.01. The fourth-order valence-corrected chi connectivity index (χ4v) is 2.45. The van der Waals surface area contributed by atoms with Crippen molar-refractivity contribution in [1.29, 1.82) is 5.26 Å². The third-order valence-corrected chi connectivity index (χ3v) is 3.91. The van der Waals surface area contributed by atoms with Crippen LogP contribution in [0.4, 0.5) is 0 Å². The first-order valence-electron chi connectivity index (χ1n) is 7.01. The largest absolute Gasteiger partial charge is 0.465 e. The maximum absolute atomic E-state index is 11.8. The molecule has 1 N–H and O–H groups in total. The molecule has 1 aromatic carbocycles. The molecule has 0 saturated heterocycles. The zero-order valence-corrected chi connectivity index (χ0v) is 11.9. The zero-order valence-electron chi connectivity index (χ0n) is 11.9. The van der Waals surface area contributed by atoms with Gasteiger partial charge in [0.25, 0.3) is 0 Å². The molecule has 0 spiro atoms. The van der Waals surface area contributed by atoms with Crippen molar-refractivity contribution in [3.8, 4) is 6.07 Å². The molecule has 1 aromatic rings. The summed E-state index contributed by atoms with van der Waals surface area (Å²) >= 11 is 0. The van der Waals surface area contributed by atoms with E-state index in [1.54, 1.807) is 6.92 Å². The molecular formula is C16H20N2O2. The SMILES string of the molecule is CCOC(=O)C1(C#N)CC1CN[C@@H](C)c1ccccc1. The van der Waals surface area contributed by atoms with Crippen molar-refractivity contribution in [3.63, 3.8) is 0 Å². The van der Waals surface area contributed by atoms with Crippen LogP contribution in [0, 0.1) is 22.7 Å². The molecule has 1 aliphatic rings. The lowest BCUT2D eigenvalue weighted by Crippen LogP contribution is -2.26. The number of nitrogens with one attached hydrogen (secondary N) is 1. The molecule has 0 bridgehead atoms. The van der Waals surface area contributed by atoms with Gasteiger partial charge in [-0.3, -0.25) is 4.79 Å². The Morgan fingerprint density at radius 3 is 2.85 bits per heavy atom. The highest BCUT2D eigenvalue weighted by molar-refractivity contribution is 5.84. The monoisotopic (exact) mass is 272 g/mol. The highest BCUT2D eigenvalue weighted by Gasteiger charge is 2.62. The van der Waals surface area contributed by atoms with Crippen LogP contribution in [0.15, 0.2) is 30.3 Å². The van der Waals surface area contributed by atoms with E-state index < -0.39 is 5.41 Å². The molecule has 2 rings (SSSR count). The summed E-state index contributed by atoms with van der Waals surface area (Å²) < 4.78 is 4.99. The zero-order chi connectivity index (χ0) is 14.6. The van der Waals surface area contributed by atoms with Crippen LogP contribution in [-0.2, 0) is 9.53 Å². The average molecular weight is 272 g/mol. The van der Waals surface area contributed by atoms with Crippen LogP contribution in [0.2, 0.25) is 0 Å². The molecular weight excluding hydrogens is 252 g/mol. The summed E-state index contributed by atoms with van der Waals surface area (Å²) in [7, 11) is 0. The van der Waals surface area contributed by atoms with Gasteiger partial charge in [0, 0.05) is 18.5 Å². The molecule has 2 unspecified atom stereocenters. The van der Waals surface area contributed by atoms with Crippen LogP contribution in [0.5, 0.6) is 0 Å². The first kappa shape index (κ1) is 14.5. The van der Waals surface area contributed by atoms with Gasteiger partial charge in [0.1, 0.15) is 0 Å². The molecule has 0 aliphatic heterocycles. The number of carbonyl (C=O) groups is 1. The van der Waals surface area contributed by atoms with E-state index >= 15 is 0 Å². The van der Waals surface area contributed by atoms with Crippen molar-refractivity contribution >= 4 is 5.97 Å². The molecule has 0 radical (unpaired) electrons. The van der Waals surface area contributed by atoms with E-state index in [4.69, 9.17) is 4.74 Å². The Balaban J connectivity index is 1.87. The van der Waals surface area contributed by atoms with Gasteiger partial charge in [0.15, 0.2) is 5.41 Å². The summed E-state index contributed by atoms with van der Waals surface area (Å²) in [6.45, 7) is 4.82. The maximum atomic E-state index is 11.8. The van der Waals surface area contributed by atoms with Crippen LogP contribution in [0.3, 0.4) is 0 Å². The Labute approximate surface area is 119 Å². The summed E-state index contributed by atoms with van der Waals surface area (Å²) in [6.07, 6.45) is 0.594. The molecule has 4 nitrogen and oxygen atoms in total. The smallest absolute Gasteiger partial charge is 0.326 e. The van der Waals surface area contributed by atoms with Gasteiger partial charge in [-0.1, -0.05) is 30.3 Å². The molecule has 4 heteroatoms. The Kier molecular flexibility index (Phi) is 4.41. The van der Waals surface area contributed by atoms with E-state index in [0.717, 1.165) is 0 Å². The van der Waals surface area contributed by atoms with E-state index in [1.807, 2.05) is 18.2 Å². The Bertz CT molecular complexity index is 509. The van der Waals surface area contributed by atoms with Gasteiger partial charge in [0.05, 0.1) is 12.7 Å². The second-order valence-electron chi connectivity index (χ2n) is 5.25. The van der Waals surface area contributed by atoms with Crippen molar-refractivity contribution < 1.29 is 9.53 Å². The molecule has 20 heavy (non-hydrogen) atoms. The predicted octanol–water partition coefficient (Wildman–Crippen LogP) is 2.43. The maximum Gasteiger partial charge on any atom is 0.326 e. The summed E-state index contributed by atoms with van der Waals surface area (Å²) in [5.74, 6) is -0.320. The minimum atomic E-state index is -0.917. The van der Waals surface area contributed by atoms with Gasteiger partial charge in [-0.25, -0.2) is 0 Å². The third-order valence-electron chi connectivity index (χ3n) is 3.91.